The topological polar surface area (TPSA) is 105 Å². The normalized spacial score (nSPS) is 21.3. The maximum absolute atomic E-state index is 13.5. The maximum Gasteiger partial charge on any atom is 0.247 e. The number of para-hydroxylation sites is 1. The number of amides is 2. The molecule has 9 nitrogen and oxygen atoms in total. The van der Waals surface area contributed by atoms with Gasteiger partial charge < -0.3 is 19.7 Å². The van der Waals surface area contributed by atoms with E-state index >= 15 is 0 Å². The second-order valence-corrected chi connectivity index (χ2v) is 10.6. The Kier molecular flexibility index (Phi) is 6.55. The molecule has 10 heteroatoms. The van der Waals surface area contributed by atoms with Gasteiger partial charge >= 0.3 is 0 Å². The van der Waals surface area contributed by atoms with Crippen LogP contribution in [0.4, 0.5) is 0 Å². The van der Waals surface area contributed by atoms with Crippen LogP contribution in [-0.4, -0.2) is 68.3 Å². The number of nitrogens with one attached hydrogen (secondary N) is 1. The van der Waals surface area contributed by atoms with Crippen molar-refractivity contribution in [3.8, 4) is 11.5 Å². The molecule has 1 heterocycles. The summed E-state index contributed by atoms with van der Waals surface area (Å²) in [7, 11) is -0.952. The molecule has 1 saturated heterocycles. The largest absolute Gasteiger partial charge is 0.497 e. The first-order chi connectivity index (χ1) is 16.2. The van der Waals surface area contributed by atoms with Gasteiger partial charge in [0.05, 0.1) is 25.7 Å². The number of sulfonamides is 1. The standard InChI is InChI=1S/C24H29N3O6S/c1-24(23(29)25-14-17-6-4-5-7-21(17)33-3)16-26(15-22(28)27(24)18-8-9-18)34(30,31)20-12-10-19(32-2)11-13-20/h4-7,10-13,18H,8-9,14-16H2,1-3H3,(H,25,29). The number of hydrogen-bond donors (Lipinski definition) is 1. The number of hydrogen-bond acceptors (Lipinski definition) is 6. The number of carbonyl (C=O) groups is 2. The Hall–Kier alpha value is -3.11. The molecule has 1 N–H and O–H groups in total. The van der Waals surface area contributed by atoms with Gasteiger partial charge in [-0.15, -0.1) is 0 Å². The minimum absolute atomic E-state index is 0.0396. The zero-order valence-corrected chi connectivity index (χ0v) is 20.3. The van der Waals surface area contributed by atoms with Crippen molar-refractivity contribution in [1.82, 2.24) is 14.5 Å². The van der Waals surface area contributed by atoms with Gasteiger partial charge in [-0.3, -0.25) is 9.59 Å². The summed E-state index contributed by atoms with van der Waals surface area (Å²) < 4.78 is 38.3. The molecule has 1 atom stereocenters. The summed E-state index contributed by atoms with van der Waals surface area (Å²) in [5.41, 5.74) is -0.567. The van der Waals surface area contributed by atoms with E-state index in [-0.39, 0.29) is 36.5 Å². The predicted octanol–water partition coefficient (Wildman–Crippen LogP) is 1.77. The lowest BCUT2D eigenvalue weighted by atomic mass is 9.95. The average molecular weight is 488 g/mol. The third-order valence-corrected chi connectivity index (χ3v) is 8.13. The van der Waals surface area contributed by atoms with Gasteiger partial charge in [0.2, 0.25) is 21.8 Å². The highest BCUT2D eigenvalue weighted by Gasteiger charge is 2.54. The summed E-state index contributed by atoms with van der Waals surface area (Å²) in [5.74, 6) is 0.374. The molecule has 2 fully saturated rings. The van der Waals surface area contributed by atoms with Crippen molar-refractivity contribution >= 4 is 21.8 Å². The molecule has 0 radical (unpaired) electrons. The van der Waals surface area contributed by atoms with Gasteiger partial charge in [-0.2, -0.15) is 4.31 Å². The van der Waals surface area contributed by atoms with Gasteiger partial charge in [0.1, 0.15) is 17.0 Å². The lowest BCUT2D eigenvalue weighted by Crippen LogP contribution is -2.70. The number of benzene rings is 2. The molecular formula is C24H29N3O6S. The summed E-state index contributed by atoms with van der Waals surface area (Å²) in [6, 6.07) is 13.2. The Bertz CT molecular complexity index is 1180. The van der Waals surface area contributed by atoms with E-state index < -0.39 is 21.5 Å². The summed E-state index contributed by atoms with van der Waals surface area (Å²) in [6.07, 6.45) is 1.60. The van der Waals surface area contributed by atoms with Crippen LogP contribution in [0.25, 0.3) is 0 Å². The Morgan fingerprint density at radius 3 is 2.38 bits per heavy atom. The Morgan fingerprint density at radius 2 is 1.76 bits per heavy atom. The molecule has 2 aliphatic rings. The molecule has 2 amide bonds. The van der Waals surface area contributed by atoms with E-state index in [0.29, 0.717) is 11.5 Å². The van der Waals surface area contributed by atoms with Crippen LogP contribution >= 0.6 is 0 Å². The molecule has 0 spiro atoms. The monoisotopic (exact) mass is 487 g/mol. The highest BCUT2D eigenvalue weighted by molar-refractivity contribution is 7.89. The molecular weight excluding hydrogens is 458 g/mol. The highest BCUT2D eigenvalue weighted by atomic mass is 32.2. The average Bonchev–Trinajstić information content (AvgIpc) is 3.67. The van der Waals surface area contributed by atoms with Gasteiger partial charge in [-0.05, 0) is 50.1 Å². The van der Waals surface area contributed by atoms with E-state index in [1.807, 2.05) is 18.2 Å². The van der Waals surface area contributed by atoms with Crippen molar-refractivity contribution in [2.45, 2.75) is 42.8 Å². The van der Waals surface area contributed by atoms with Crippen LogP contribution in [0, 0.1) is 0 Å². The zero-order valence-electron chi connectivity index (χ0n) is 19.5. The zero-order chi connectivity index (χ0) is 24.5. The van der Waals surface area contributed by atoms with Crippen molar-refractivity contribution in [2.75, 3.05) is 27.3 Å². The number of ether oxygens (including phenoxy) is 2. The molecule has 2 aromatic carbocycles. The summed E-state index contributed by atoms with van der Waals surface area (Å²) >= 11 is 0. The van der Waals surface area contributed by atoms with Crippen molar-refractivity contribution in [3.63, 3.8) is 0 Å². The van der Waals surface area contributed by atoms with Crippen molar-refractivity contribution in [1.29, 1.82) is 0 Å². The third kappa shape index (κ3) is 4.47. The molecule has 0 bridgehead atoms. The molecule has 34 heavy (non-hydrogen) atoms. The smallest absolute Gasteiger partial charge is 0.247 e. The summed E-state index contributed by atoms with van der Waals surface area (Å²) in [4.78, 5) is 28.3. The van der Waals surface area contributed by atoms with Gasteiger partial charge in [-0.1, -0.05) is 18.2 Å². The van der Waals surface area contributed by atoms with Gasteiger partial charge in [-0.25, -0.2) is 8.42 Å². The van der Waals surface area contributed by atoms with E-state index in [9.17, 15) is 18.0 Å². The van der Waals surface area contributed by atoms with Gasteiger partial charge in [0.15, 0.2) is 0 Å². The molecule has 1 unspecified atom stereocenters. The number of rotatable bonds is 8. The van der Waals surface area contributed by atoms with Crippen molar-refractivity contribution in [2.24, 2.45) is 0 Å². The SMILES string of the molecule is COc1ccc(S(=O)(=O)N2CC(=O)N(C3CC3)C(C)(C(=O)NCc3ccccc3OC)C2)cc1. The highest BCUT2D eigenvalue weighted by Crippen LogP contribution is 2.37. The lowest BCUT2D eigenvalue weighted by Gasteiger charge is -2.47. The van der Waals surface area contributed by atoms with E-state index in [1.54, 1.807) is 37.1 Å². The van der Waals surface area contributed by atoms with Crippen LogP contribution in [0.15, 0.2) is 53.4 Å². The van der Waals surface area contributed by atoms with Crippen LogP contribution in [0.3, 0.4) is 0 Å². The van der Waals surface area contributed by atoms with E-state index in [2.05, 4.69) is 5.32 Å². The number of methoxy groups -OCH3 is 2. The molecule has 0 aromatic heterocycles. The summed E-state index contributed by atoms with van der Waals surface area (Å²) in [6.45, 7) is 1.38. The Labute approximate surface area is 199 Å². The Morgan fingerprint density at radius 1 is 1.09 bits per heavy atom. The fourth-order valence-corrected chi connectivity index (χ4v) is 5.86. The third-order valence-electron chi connectivity index (χ3n) is 6.33. The Balaban J connectivity index is 1.60. The minimum atomic E-state index is -4.00. The van der Waals surface area contributed by atoms with Crippen molar-refractivity contribution < 1.29 is 27.5 Å². The first-order valence-electron chi connectivity index (χ1n) is 11.1. The van der Waals surface area contributed by atoms with E-state index in [0.717, 1.165) is 22.7 Å². The quantitative estimate of drug-likeness (QED) is 0.609. The maximum atomic E-state index is 13.5. The van der Waals surface area contributed by atoms with Gasteiger partial charge in [0, 0.05) is 24.7 Å². The molecule has 4 rings (SSSR count). The number of piperazine rings is 1. The molecule has 2 aromatic rings. The van der Waals surface area contributed by atoms with E-state index in [4.69, 9.17) is 9.47 Å². The molecule has 1 aliphatic carbocycles. The molecule has 182 valence electrons. The second kappa shape index (κ2) is 9.27. The number of nitrogens with zero attached hydrogens (tertiary/aromatic N) is 2. The predicted molar refractivity (Wildman–Crippen MR) is 125 cm³/mol. The fourth-order valence-electron chi connectivity index (χ4n) is 4.38. The van der Waals surface area contributed by atoms with Crippen LogP contribution in [-0.2, 0) is 26.2 Å². The summed E-state index contributed by atoms with van der Waals surface area (Å²) in [5, 5.41) is 2.89. The van der Waals surface area contributed by atoms with Crippen LogP contribution < -0.4 is 14.8 Å². The molecule has 1 saturated carbocycles. The first kappa shape index (κ1) is 24.0. The minimum Gasteiger partial charge on any atom is -0.497 e. The lowest BCUT2D eigenvalue weighted by molar-refractivity contribution is -0.153. The van der Waals surface area contributed by atoms with Crippen molar-refractivity contribution in [3.05, 3.63) is 54.1 Å². The second-order valence-electron chi connectivity index (χ2n) is 8.71. The molecule has 1 aliphatic heterocycles. The van der Waals surface area contributed by atoms with E-state index in [1.165, 1.54) is 19.2 Å². The number of carbonyl (C=O) groups excluding carboxylic acids is 2. The van der Waals surface area contributed by atoms with Crippen LogP contribution in [0.5, 0.6) is 11.5 Å². The first-order valence-corrected chi connectivity index (χ1v) is 12.5. The fraction of sp³-hybridized carbons (Fsp3) is 0.417. The van der Waals surface area contributed by atoms with Crippen LogP contribution in [0.1, 0.15) is 25.3 Å². The van der Waals surface area contributed by atoms with Gasteiger partial charge in [0.25, 0.3) is 0 Å². The van der Waals surface area contributed by atoms with Crippen LogP contribution in [0.2, 0.25) is 0 Å².